The Morgan fingerprint density at radius 1 is 0.900 bits per heavy atom. The normalized spacial score (nSPS) is 13.7. The van der Waals surface area contributed by atoms with Gasteiger partial charge in [-0.1, -0.05) is 36.8 Å². The van der Waals surface area contributed by atoms with Gasteiger partial charge in [-0.2, -0.15) is 0 Å². The molecule has 0 fully saturated rings. The molecular formula is C20H30N4O6. The topological polar surface area (TPSA) is 185 Å². The summed E-state index contributed by atoms with van der Waals surface area (Å²) in [6.45, 7) is 0.486. The van der Waals surface area contributed by atoms with Crippen molar-refractivity contribution < 1.29 is 29.4 Å². The number of nitrogens with one attached hydrogen (secondary N) is 2. The maximum Gasteiger partial charge on any atom is 0.326 e. The van der Waals surface area contributed by atoms with Crippen molar-refractivity contribution >= 4 is 23.8 Å². The van der Waals surface area contributed by atoms with E-state index >= 15 is 0 Å². The van der Waals surface area contributed by atoms with Crippen LogP contribution >= 0.6 is 0 Å². The average Bonchev–Trinajstić information content (AvgIpc) is 2.70. The molecule has 10 heteroatoms. The molecule has 1 rings (SSSR count). The van der Waals surface area contributed by atoms with Crippen LogP contribution in [0, 0.1) is 0 Å². The fraction of sp³-hybridized carbons (Fsp3) is 0.500. The third-order valence-electron chi connectivity index (χ3n) is 4.48. The number of hydrogen-bond donors (Lipinski definition) is 6. The smallest absolute Gasteiger partial charge is 0.326 e. The first-order chi connectivity index (χ1) is 14.2. The summed E-state index contributed by atoms with van der Waals surface area (Å²) in [4.78, 5) is 47.3. The highest BCUT2D eigenvalue weighted by Crippen LogP contribution is 2.07. The molecule has 10 nitrogen and oxygen atoms in total. The van der Waals surface area contributed by atoms with Crippen molar-refractivity contribution in [3.63, 3.8) is 0 Å². The van der Waals surface area contributed by atoms with Gasteiger partial charge >= 0.3 is 11.9 Å². The molecule has 3 atom stereocenters. The van der Waals surface area contributed by atoms with Crippen molar-refractivity contribution in [1.82, 2.24) is 10.6 Å². The van der Waals surface area contributed by atoms with E-state index in [1.54, 1.807) is 30.3 Å². The molecule has 0 spiro atoms. The Bertz CT molecular complexity index is 713. The molecule has 0 radical (unpaired) electrons. The summed E-state index contributed by atoms with van der Waals surface area (Å²) in [5, 5.41) is 22.9. The van der Waals surface area contributed by atoms with Gasteiger partial charge in [-0.3, -0.25) is 14.4 Å². The summed E-state index contributed by atoms with van der Waals surface area (Å²) in [5.74, 6) is -3.78. The summed E-state index contributed by atoms with van der Waals surface area (Å²) in [6, 6.07) is 5.62. The number of rotatable bonds is 14. The van der Waals surface area contributed by atoms with Gasteiger partial charge in [0.2, 0.25) is 11.8 Å². The van der Waals surface area contributed by atoms with Crippen LogP contribution in [0.5, 0.6) is 0 Å². The number of benzene rings is 1. The second-order valence-corrected chi connectivity index (χ2v) is 6.97. The number of carboxylic acid groups (broad SMARTS) is 2. The summed E-state index contributed by atoms with van der Waals surface area (Å²) in [7, 11) is 0. The highest BCUT2D eigenvalue weighted by molar-refractivity contribution is 5.92. The van der Waals surface area contributed by atoms with Crippen LogP contribution in [-0.2, 0) is 25.6 Å². The Balaban J connectivity index is 2.87. The summed E-state index contributed by atoms with van der Waals surface area (Å²) < 4.78 is 0. The molecule has 0 heterocycles. The highest BCUT2D eigenvalue weighted by Gasteiger charge is 2.28. The van der Waals surface area contributed by atoms with Gasteiger partial charge in [0.1, 0.15) is 12.1 Å². The minimum atomic E-state index is -1.39. The lowest BCUT2D eigenvalue weighted by atomic mass is 10.0. The molecule has 0 aliphatic rings. The molecular weight excluding hydrogens is 392 g/mol. The van der Waals surface area contributed by atoms with E-state index in [-0.39, 0.29) is 12.8 Å². The molecule has 0 aliphatic carbocycles. The van der Waals surface area contributed by atoms with Crippen LogP contribution in [0.2, 0.25) is 0 Å². The zero-order valence-electron chi connectivity index (χ0n) is 16.8. The van der Waals surface area contributed by atoms with E-state index in [0.717, 1.165) is 12.0 Å². The van der Waals surface area contributed by atoms with Crippen molar-refractivity contribution in [1.29, 1.82) is 0 Å². The molecule has 0 bridgehead atoms. The molecule has 0 saturated carbocycles. The van der Waals surface area contributed by atoms with E-state index in [1.165, 1.54) is 0 Å². The first-order valence-corrected chi connectivity index (χ1v) is 9.79. The van der Waals surface area contributed by atoms with Crippen LogP contribution in [0.4, 0.5) is 0 Å². The SMILES string of the molecule is NCCCCC(N)C(=O)NC(Cc1ccccc1)C(=O)NC(CCC(=O)O)C(=O)O. The first-order valence-electron chi connectivity index (χ1n) is 9.79. The molecule has 0 saturated heterocycles. The molecule has 0 aliphatic heterocycles. The monoisotopic (exact) mass is 422 g/mol. The zero-order valence-corrected chi connectivity index (χ0v) is 16.8. The predicted molar refractivity (Wildman–Crippen MR) is 109 cm³/mol. The second kappa shape index (κ2) is 13.3. The van der Waals surface area contributed by atoms with E-state index in [2.05, 4.69) is 10.6 Å². The molecule has 166 valence electrons. The molecule has 30 heavy (non-hydrogen) atoms. The van der Waals surface area contributed by atoms with Gasteiger partial charge in [-0.05, 0) is 31.4 Å². The Morgan fingerprint density at radius 3 is 2.10 bits per heavy atom. The van der Waals surface area contributed by atoms with Gasteiger partial charge in [0.15, 0.2) is 0 Å². The highest BCUT2D eigenvalue weighted by atomic mass is 16.4. The van der Waals surface area contributed by atoms with Crippen LogP contribution in [0.15, 0.2) is 30.3 Å². The zero-order chi connectivity index (χ0) is 22.5. The number of carbonyl (C=O) groups excluding carboxylic acids is 2. The molecule has 2 amide bonds. The van der Waals surface area contributed by atoms with Gasteiger partial charge < -0.3 is 32.3 Å². The van der Waals surface area contributed by atoms with Crippen molar-refractivity contribution in [2.45, 2.75) is 56.7 Å². The number of amides is 2. The number of carbonyl (C=O) groups is 4. The van der Waals surface area contributed by atoms with Crippen LogP contribution in [0.25, 0.3) is 0 Å². The van der Waals surface area contributed by atoms with E-state index in [9.17, 15) is 24.3 Å². The Morgan fingerprint density at radius 2 is 1.53 bits per heavy atom. The van der Waals surface area contributed by atoms with Crippen LogP contribution in [0.3, 0.4) is 0 Å². The fourth-order valence-corrected chi connectivity index (χ4v) is 2.78. The maximum absolute atomic E-state index is 12.7. The lowest BCUT2D eigenvalue weighted by Gasteiger charge is -2.23. The Hall–Kier alpha value is -2.98. The Labute approximate surface area is 175 Å². The third-order valence-corrected chi connectivity index (χ3v) is 4.48. The van der Waals surface area contributed by atoms with Crippen molar-refractivity contribution in [2.24, 2.45) is 11.5 Å². The van der Waals surface area contributed by atoms with E-state index in [4.69, 9.17) is 16.6 Å². The number of nitrogens with two attached hydrogens (primary N) is 2. The van der Waals surface area contributed by atoms with E-state index in [1.807, 2.05) is 0 Å². The number of unbranched alkanes of at least 4 members (excludes halogenated alkanes) is 1. The van der Waals surface area contributed by atoms with Gasteiger partial charge in [-0.15, -0.1) is 0 Å². The lowest BCUT2D eigenvalue weighted by Crippen LogP contribution is -2.55. The summed E-state index contributed by atoms with van der Waals surface area (Å²) in [6.07, 6.45) is 1.22. The van der Waals surface area contributed by atoms with E-state index < -0.39 is 48.3 Å². The minimum absolute atomic E-state index is 0.124. The van der Waals surface area contributed by atoms with Crippen molar-refractivity contribution in [3.05, 3.63) is 35.9 Å². The fourth-order valence-electron chi connectivity index (χ4n) is 2.78. The summed E-state index contributed by atoms with van der Waals surface area (Å²) in [5.41, 5.74) is 12.1. The second-order valence-electron chi connectivity index (χ2n) is 6.97. The standard InChI is InChI=1S/C20H30N4O6/c21-11-5-4-8-14(22)18(27)24-16(12-13-6-2-1-3-7-13)19(28)23-15(20(29)30)9-10-17(25)26/h1-3,6-7,14-16H,4-5,8-12,21-22H2,(H,23,28)(H,24,27)(H,25,26)(H,29,30). The van der Waals surface area contributed by atoms with Gasteiger partial charge in [0.05, 0.1) is 6.04 Å². The first kappa shape index (κ1) is 25.1. The number of hydrogen-bond acceptors (Lipinski definition) is 6. The average molecular weight is 422 g/mol. The molecule has 8 N–H and O–H groups in total. The number of carboxylic acids is 2. The lowest BCUT2D eigenvalue weighted by molar-refractivity contribution is -0.143. The molecule has 3 unspecified atom stereocenters. The number of aliphatic carboxylic acids is 2. The largest absolute Gasteiger partial charge is 0.481 e. The van der Waals surface area contributed by atoms with Crippen LogP contribution < -0.4 is 22.1 Å². The van der Waals surface area contributed by atoms with Crippen molar-refractivity contribution in [2.75, 3.05) is 6.54 Å². The minimum Gasteiger partial charge on any atom is -0.481 e. The predicted octanol–water partition coefficient (Wildman–Crippen LogP) is -0.396. The van der Waals surface area contributed by atoms with Crippen LogP contribution in [-0.4, -0.2) is 58.6 Å². The maximum atomic E-state index is 12.7. The van der Waals surface area contributed by atoms with Crippen molar-refractivity contribution in [3.8, 4) is 0 Å². The molecule has 1 aromatic rings. The summed E-state index contributed by atoms with van der Waals surface area (Å²) >= 11 is 0. The Kier molecular flexibility index (Phi) is 11.1. The molecule has 1 aromatic carbocycles. The third kappa shape index (κ3) is 9.48. The van der Waals surface area contributed by atoms with E-state index in [0.29, 0.717) is 19.4 Å². The van der Waals surface area contributed by atoms with Gasteiger partial charge in [-0.25, -0.2) is 4.79 Å². The van der Waals surface area contributed by atoms with Crippen LogP contribution in [0.1, 0.15) is 37.7 Å². The molecule has 0 aromatic heterocycles. The van der Waals surface area contributed by atoms with Gasteiger partial charge in [0.25, 0.3) is 0 Å². The quantitative estimate of drug-likeness (QED) is 0.219. The van der Waals surface area contributed by atoms with Gasteiger partial charge in [0, 0.05) is 12.8 Å².